The molecule has 1 aromatic carbocycles. The molecule has 100 valence electrons. The van der Waals surface area contributed by atoms with Gasteiger partial charge < -0.3 is 10.1 Å². The fourth-order valence-electron chi connectivity index (χ4n) is 1.89. The van der Waals surface area contributed by atoms with Crippen LogP contribution in [-0.4, -0.2) is 12.1 Å². The van der Waals surface area contributed by atoms with Gasteiger partial charge in [0.1, 0.15) is 5.75 Å². The van der Waals surface area contributed by atoms with Crippen molar-refractivity contribution in [3.8, 4) is 5.75 Å². The van der Waals surface area contributed by atoms with Gasteiger partial charge in [-0.2, -0.15) is 0 Å². The molecule has 2 aromatic rings. The average molecular weight is 277 g/mol. The molecule has 0 aliphatic heterocycles. The molecule has 0 aliphatic carbocycles. The predicted octanol–water partition coefficient (Wildman–Crippen LogP) is 3.97. The van der Waals surface area contributed by atoms with Gasteiger partial charge in [-0.05, 0) is 43.7 Å². The number of pyridine rings is 1. The van der Waals surface area contributed by atoms with Crippen LogP contribution >= 0.6 is 11.6 Å². The van der Waals surface area contributed by atoms with E-state index in [1.807, 2.05) is 44.2 Å². The Morgan fingerprint density at radius 1 is 1.21 bits per heavy atom. The van der Waals surface area contributed by atoms with Gasteiger partial charge in [0, 0.05) is 12.2 Å². The molecule has 3 nitrogen and oxygen atoms in total. The number of hydrogen-bond acceptors (Lipinski definition) is 3. The molecule has 4 heteroatoms. The first-order valence-corrected chi connectivity index (χ1v) is 6.48. The molecule has 0 atom stereocenters. The van der Waals surface area contributed by atoms with E-state index < -0.39 is 0 Å². The zero-order chi connectivity index (χ0) is 13.8. The smallest absolute Gasteiger partial charge is 0.137 e. The highest BCUT2D eigenvalue weighted by molar-refractivity contribution is 6.32. The summed E-state index contributed by atoms with van der Waals surface area (Å²) in [7, 11) is 1.61. The van der Waals surface area contributed by atoms with Gasteiger partial charge in [0.15, 0.2) is 0 Å². The summed E-state index contributed by atoms with van der Waals surface area (Å²) in [5.41, 5.74) is 4.17. The van der Waals surface area contributed by atoms with Crippen LogP contribution in [-0.2, 0) is 6.54 Å². The van der Waals surface area contributed by atoms with Crippen LogP contribution in [0.1, 0.15) is 17.0 Å². The molecule has 0 radical (unpaired) electrons. The minimum absolute atomic E-state index is 0.626. The van der Waals surface area contributed by atoms with Crippen LogP contribution in [0.5, 0.6) is 5.75 Å². The zero-order valence-electron chi connectivity index (χ0n) is 11.3. The van der Waals surface area contributed by atoms with Crippen molar-refractivity contribution in [1.29, 1.82) is 0 Å². The topological polar surface area (TPSA) is 34.1 Å². The second kappa shape index (κ2) is 5.93. The number of rotatable bonds is 4. The first kappa shape index (κ1) is 13.7. The molecule has 0 saturated heterocycles. The minimum atomic E-state index is 0.626. The van der Waals surface area contributed by atoms with Crippen LogP contribution < -0.4 is 10.1 Å². The standard InChI is InChI=1S/C15H17ClN2O/c1-10-4-6-14(11(2)18-10)17-9-12-5-7-15(19-3)13(16)8-12/h4-8,17H,9H2,1-3H3. The van der Waals surface area contributed by atoms with E-state index in [1.54, 1.807) is 7.11 Å². The van der Waals surface area contributed by atoms with Gasteiger partial charge >= 0.3 is 0 Å². The van der Waals surface area contributed by atoms with Gasteiger partial charge in [-0.1, -0.05) is 17.7 Å². The minimum Gasteiger partial charge on any atom is -0.495 e. The molecule has 0 aliphatic rings. The Morgan fingerprint density at radius 2 is 2.00 bits per heavy atom. The van der Waals surface area contributed by atoms with Crippen molar-refractivity contribution in [1.82, 2.24) is 4.98 Å². The molecule has 0 unspecified atom stereocenters. The van der Waals surface area contributed by atoms with Gasteiger partial charge in [0.25, 0.3) is 0 Å². The number of methoxy groups -OCH3 is 1. The van der Waals surface area contributed by atoms with E-state index in [0.29, 0.717) is 17.3 Å². The molecular formula is C15H17ClN2O. The maximum Gasteiger partial charge on any atom is 0.137 e. The summed E-state index contributed by atoms with van der Waals surface area (Å²) < 4.78 is 5.13. The molecule has 1 aromatic heterocycles. The fourth-order valence-corrected chi connectivity index (χ4v) is 2.17. The highest BCUT2D eigenvalue weighted by Crippen LogP contribution is 2.25. The first-order chi connectivity index (χ1) is 9.10. The van der Waals surface area contributed by atoms with Gasteiger partial charge in [0.2, 0.25) is 0 Å². The Hall–Kier alpha value is -1.74. The van der Waals surface area contributed by atoms with E-state index in [1.165, 1.54) is 0 Å². The Balaban J connectivity index is 2.08. The van der Waals surface area contributed by atoms with E-state index >= 15 is 0 Å². The van der Waals surface area contributed by atoms with Crippen molar-refractivity contribution in [2.75, 3.05) is 12.4 Å². The Kier molecular flexibility index (Phi) is 4.27. The van der Waals surface area contributed by atoms with Crippen LogP contribution in [0.15, 0.2) is 30.3 Å². The van der Waals surface area contributed by atoms with Crippen molar-refractivity contribution in [2.45, 2.75) is 20.4 Å². The molecule has 0 bridgehead atoms. The number of ether oxygens (including phenoxy) is 1. The second-order valence-electron chi connectivity index (χ2n) is 4.41. The Labute approximate surface area is 118 Å². The van der Waals surface area contributed by atoms with Gasteiger partial charge in [-0.3, -0.25) is 4.98 Å². The molecule has 0 saturated carbocycles. The van der Waals surface area contributed by atoms with E-state index in [2.05, 4.69) is 10.3 Å². The summed E-state index contributed by atoms with van der Waals surface area (Å²) in [6, 6.07) is 9.82. The van der Waals surface area contributed by atoms with Gasteiger partial charge in [0.05, 0.1) is 23.5 Å². The summed E-state index contributed by atoms with van der Waals surface area (Å²) >= 11 is 6.10. The SMILES string of the molecule is COc1ccc(CNc2ccc(C)nc2C)cc1Cl. The third-order valence-electron chi connectivity index (χ3n) is 2.92. The van der Waals surface area contributed by atoms with Gasteiger partial charge in [-0.15, -0.1) is 0 Å². The van der Waals surface area contributed by atoms with Crippen molar-refractivity contribution >= 4 is 17.3 Å². The monoisotopic (exact) mass is 276 g/mol. The summed E-state index contributed by atoms with van der Waals surface area (Å²) in [6.07, 6.45) is 0. The van der Waals surface area contributed by atoms with Crippen molar-refractivity contribution in [3.05, 3.63) is 52.3 Å². The third kappa shape index (κ3) is 3.38. The highest BCUT2D eigenvalue weighted by Gasteiger charge is 2.03. The maximum absolute atomic E-state index is 6.10. The number of hydrogen-bond donors (Lipinski definition) is 1. The Bertz CT molecular complexity index is 584. The zero-order valence-corrected chi connectivity index (χ0v) is 12.1. The first-order valence-electron chi connectivity index (χ1n) is 6.10. The number of halogens is 1. The van der Waals surface area contributed by atoms with E-state index in [0.717, 1.165) is 22.6 Å². The fraction of sp³-hybridized carbons (Fsp3) is 0.267. The van der Waals surface area contributed by atoms with Crippen LogP contribution in [0, 0.1) is 13.8 Å². The van der Waals surface area contributed by atoms with Crippen molar-refractivity contribution in [3.63, 3.8) is 0 Å². The van der Waals surface area contributed by atoms with E-state index in [4.69, 9.17) is 16.3 Å². The van der Waals surface area contributed by atoms with Crippen LogP contribution in [0.4, 0.5) is 5.69 Å². The molecule has 0 spiro atoms. The summed E-state index contributed by atoms with van der Waals surface area (Å²) in [5, 5.41) is 3.98. The maximum atomic E-state index is 6.10. The quantitative estimate of drug-likeness (QED) is 0.917. The molecule has 0 amide bonds. The lowest BCUT2D eigenvalue weighted by Gasteiger charge is -2.10. The summed E-state index contributed by atoms with van der Waals surface area (Å²) in [6.45, 7) is 4.69. The average Bonchev–Trinajstić information content (AvgIpc) is 2.38. The summed E-state index contributed by atoms with van der Waals surface area (Å²) in [4.78, 5) is 4.42. The largest absolute Gasteiger partial charge is 0.495 e. The van der Waals surface area contributed by atoms with Crippen LogP contribution in [0.2, 0.25) is 5.02 Å². The lowest BCUT2D eigenvalue weighted by atomic mass is 10.2. The number of nitrogens with zero attached hydrogens (tertiary/aromatic N) is 1. The molecular weight excluding hydrogens is 260 g/mol. The van der Waals surface area contributed by atoms with Crippen LogP contribution in [0.25, 0.3) is 0 Å². The molecule has 2 rings (SSSR count). The van der Waals surface area contributed by atoms with E-state index in [-0.39, 0.29) is 0 Å². The van der Waals surface area contributed by atoms with Crippen LogP contribution in [0.3, 0.4) is 0 Å². The number of anilines is 1. The predicted molar refractivity (Wildman–Crippen MR) is 79.0 cm³/mol. The number of aromatic nitrogens is 1. The van der Waals surface area contributed by atoms with Crippen molar-refractivity contribution < 1.29 is 4.74 Å². The third-order valence-corrected chi connectivity index (χ3v) is 3.22. The van der Waals surface area contributed by atoms with Crippen molar-refractivity contribution in [2.24, 2.45) is 0 Å². The molecule has 1 N–H and O–H groups in total. The highest BCUT2D eigenvalue weighted by atomic mass is 35.5. The Morgan fingerprint density at radius 3 is 2.63 bits per heavy atom. The lowest BCUT2D eigenvalue weighted by Crippen LogP contribution is -2.02. The molecule has 1 heterocycles. The lowest BCUT2D eigenvalue weighted by molar-refractivity contribution is 0.415. The van der Waals surface area contributed by atoms with Gasteiger partial charge in [-0.25, -0.2) is 0 Å². The number of benzene rings is 1. The second-order valence-corrected chi connectivity index (χ2v) is 4.82. The summed E-state index contributed by atoms with van der Waals surface area (Å²) in [5.74, 6) is 0.693. The normalized spacial score (nSPS) is 10.3. The number of aryl methyl sites for hydroxylation is 2. The molecule has 0 fully saturated rings. The van der Waals surface area contributed by atoms with E-state index in [9.17, 15) is 0 Å². The number of nitrogens with one attached hydrogen (secondary N) is 1. The molecule has 19 heavy (non-hydrogen) atoms.